The van der Waals surface area contributed by atoms with Gasteiger partial charge in [-0.1, -0.05) is 0 Å². The molecule has 0 amide bonds. The highest BCUT2D eigenvalue weighted by Crippen LogP contribution is 2.04. The minimum atomic E-state index is 0.403. The zero-order chi connectivity index (χ0) is 6.69. The molecule has 0 bridgehead atoms. The Hall–Kier alpha value is 0.270. The van der Waals surface area contributed by atoms with Gasteiger partial charge >= 0.3 is 0 Å². The van der Waals surface area contributed by atoms with Crippen LogP contribution in [0.5, 0.6) is 0 Å². The highest BCUT2D eigenvalue weighted by atomic mass is 32.1. The van der Waals surface area contributed by atoms with Crippen molar-refractivity contribution in [1.29, 1.82) is 0 Å². The summed E-state index contributed by atoms with van der Waals surface area (Å²) in [5.41, 5.74) is 0. The van der Waals surface area contributed by atoms with E-state index in [2.05, 4.69) is 29.2 Å². The summed E-state index contributed by atoms with van der Waals surface area (Å²) >= 11 is 4.33. The zero-order valence-corrected chi connectivity index (χ0v) is 6.64. The van der Waals surface area contributed by atoms with Crippen LogP contribution in [0.4, 0.5) is 0 Å². The molecule has 0 unspecified atom stereocenters. The molecule has 9 heavy (non-hydrogen) atoms. The van der Waals surface area contributed by atoms with E-state index in [1.807, 2.05) is 0 Å². The van der Waals surface area contributed by atoms with E-state index in [0.717, 1.165) is 26.3 Å². The Balaban J connectivity index is 2.23. The van der Waals surface area contributed by atoms with E-state index in [4.69, 9.17) is 0 Å². The third-order valence-corrected chi connectivity index (χ3v) is 1.95. The first-order valence-corrected chi connectivity index (χ1v) is 3.88. The lowest BCUT2D eigenvalue weighted by atomic mass is 10.4. The van der Waals surface area contributed by atoms with Gasteiger partial charge in [0, 0.05) is 0 Å². The Labute approximate surface area is 61.6 Å². The molecule has 0 aromatic heterocycles. The van der Waals surface area contributed by atoms with Crippen LogP contribution in [0.25, 0.3) is 0 Å². The van der Waals surface area contributed by atoms with Crippen molar-refractivity contribution >= 4 is 12.6 Å². The lowest BCUT2D eigenvalue weighted by molar-refractivity contribution is -0.0915. The van der Waals surface area contributed by atoms with Gasteiger partial charge < -0.3 is 4.74 Å². The fourth-order valence-electron chi connectivity index (χ4n) is 0.996. The first-order chi connectivity index (χ1) is 4.30. The summed E-state index contributed by atoms with van der Waals surface area (Å²) in [6, 6.07) is 0. The molecule has 1 heterocycles. The fraction of sp³-hybridized carbons (Fsp3) is 1.00. The molecule has 1 atom stereocenters. The number of aliphatic hydroxyl groups is 2. The minimum absolute atomic E-state index is 0.403. The average Bonchev–Trinajstić information content (AvgIpc) is 1.90. The van der Waals surface area contributed by atoms with Crippen LogP contribution in [-0.4, -0.2) is 41.3 Å². The van der Waals surface area contributed by atoms with Gasteiger partial charge in [-0.3, -0.25) is 4.90 Å². The van der Waals surface area contributed by atoms with Crippen molar-refractivity contribution in [2.24, 2.45) is 0 Å². The van der Waals surface area contributed by atoms with Gasteiger partial charge in [0.2, 0.25) is 0 Å². The predicted octanol–water partition coefficient (Wildman–Crippen LogP) is 0.106. The molecule has 0 aliphatic carbocycles. The van der Waals surface area contributed by atoms with Gasteiger partial charge in [-0.05, 0) is 6.92 Å². The van der Waals surface area contributed by atoms with E-state index in [-0.39, 0.29) is 0 Å². The van der Waals surface area contributed by atoms with Crippen molar-refractivity contribution in [2.75, 3.05) is 26.3 Å². The van der Waals surface area contributed by atoms with E-state index >= 15 is 0 Å². The van der Waals surface area contributed by atoms with Crippen molar-refractivity contribution in [1.82, 2.24) is 4.90 Å². The Morgan fingerprint density at radius 3 is 2.33 bits per heavy atom. The van der Waals surface area contributed by atoms with Gasteiger partial charge in [0.25, 0.3) is 0 Å². The second-order valence-electron chi connectivity index (χ2n) is 2.34. The zero-order valence-electron chi connectivity index (χ0n) is 5.75. The van der Waals surface area contributed by atoms with E-state index in [1.165, 1.54) is 0 Å². The van der Waals surface area contributed by atoms with Crippen molar-refractivity contribution < 1.29 is 4.74 Å². The molecule has 0 spiro atoms. The average molecular weight is 148 g/mol. The molecule has 1 N–H and O–H groups in total. The van der Waals surface area contributed by atoms with Crippen LogP contribution in [0.3, 0.4) is 0 Å². The van der Waals surface area contributed by atoms with E-state index in [0.29, 0.717) is 5.37 Å². The van der Waals surface area contributed by atoms with Gasteiger partial charge in [0.15, 0.2) is 13.2 Å². The van der Waals surface area contributed by atoms with Crippen molar-refractivity contribution in [3.05, 3.63) is 0 Å². The van der Waals surface area contributed by atoms with E-state index in [9.17, 15) is 0 Å². The summed E-state index contributed by atoms with van der Waals surface area (Å²) < 4.78 is 4.23. The molecule has 1 saturated heterocycles. The van der Waals surface area contributed by atoms with Gasteiger partial charge in [0.1, 0.15) is 0 Å². The van der Waals surface area contributed by atoms with Gasteiger partial charge in [-0.25, -0.2) is 0 Å². The molecule has 1 rings (SSSR count). The molecule has 0 aromatic carbocycles. The van der Waals surface area contributed by atoms with Crippen LogP contribution in [-0.2, 0) is 0 Å². The molecule has 0 aromatic rings. The minimum Gasteiger partial charge on any atom is -0.432 e. The summed E-state index contributed by atoms with van der Waals surface area (Å²) in [5.74, 6) is 0. The van der Waals surface area contributed by atoms with Crippen molar-refractivity contribution in [3.63, 3.8) is 0 Å². The molecule has 2 nitrogen and oxygen atoms in total. The number of morpholine rings is 1. The van der Waals surface area contributed by atoms with E-state index < -0.39 is 0 Å². The summed E-state index contributed by atoms with van der Waals surface area (Å²) in [6.07, 6.45) is 0. The van der Waals surface area contributed by atoms with Crippen molar-refractivity contribution in [3.8, 4) is 0 Å². The third-order valence-electron chi connectivity index (χ3n) is 1.62. The lowest BCUT2D eigenvalue weighted by Crippen LogP contribution is -2.41. The summed E-state index contributed by atoms with van der Waals surface area (Å²) in [6.45, 7) is 6.26. The molecule has 1 aliphatic rings. The number of ether oxygens (including phenoxy) is 1. The molecule has 0 saturated carbocycles. The predicted molar refractivity (Wildman–Crippen MR) is 42.0 cm³/mol. The smallest absolute Gasteiger partial charge is 0.157 e. The topological polar surface area (TPSA) is 16.0 Å². The van der Waals surface area contributed by atoms with Crippen LogP contribution in [0.2, 0.25) is 0 Å². The Morgan fingerprint density at radius 1 is 1.44 bits per heavy atom. The molecule has 3 heteroatoms. The van der Waals surface area contributed by atoms with Crippen LogP contribution < -0.4 is 0 Å². The fourth-order valence-corrected chi connectivity index (χ4v) is 1.23. The normalized spacial score (nSPS) is 26.0. The summed E-state index contributed by atoms with van der Waals surface area (Å²) in [4.78, 5) is 2.33. The molecular formula is C6H14NOS+. The molecular weight excluding hydrogens is 134 g/mol. The number of hydrogen-bond donors (Lipinski definition) is 1. The number of hydrogen-bond acceptors (Lipinski definition) is 2. The second-order valence-corrected chi connectivity index (χ2v) is 3.09. The quantitative estimate of drug-likeness (QED) is 0.412. The third kappa shape index (κ3) is 2.16. The lowest BCUT2D eigenvalue weighted by Gasteiger charge is -2.26. The van der Waals surface area contributed by atoms with E-state index in [1.54, 1.807) is 0 Å². The maximum Gasteiger partial charge on any atom is 0.157 e. The van der Waals surface area contributed by atoms with Gasteiger partial charge in [-0.2, -0.15) is 12.6 Å². The first kappa shape index (κ1) is 7.38. The Kier molecular flexibility index (Phi) is 2.82. The molecule has 54 valence electrons. The highest BCUT2D eigenvalue weighted by Gasteiger charge is 2.15. The second kappa shape index (κ2) is 3.44. The van der Waals surface area contributed by atoms with Crippen LogP contribution >= 0.6 is 12.6 Å². The maximum absolute atomic E-state index is 4.33. The van der Waals surface area contributed by atoms with Crippen LogP contribution in [0, 0.1) is 0 Å². The highest BCUT2D eigenvalue weighted by molar-refractivity contribution is 7.80. The molecule has 0 radical (unpaired) electrons. The Bertz CT molecular complexity index is 81.1. The number of thiol groups is 1. The largest absolute Gasteiger partial charge is 0.432 e. The van der Waals surface area contributed by atoms with Crippen molar-refractivity contribution in [2.45, 2.75) is 12.3 Å². The maximum atomic E-state index is 4.33. The summed E-state index contributed by atoms with van der Waals surface area (Å²) in [7, 11) is 0. The molecule has 1 aliphatic heterocycles. The standard InChI is InChI=1S/C6H13NOS/c1-6(9)7-2-4-8-5-3-7/h6,9H,2-5H2,1H3/p+1/t6-/m1/s1. The first-order valence-electron chi connectivity index (χ1n) is 3.36. The SMILES string of the molecule is C[C@@H](S)N1CC[OH+]CC1. The summed E-state index contributed by atoms with van der Waals surface area (Å²) in [5, 5.41) is 0.403. The Morgan fingerprint density at radius 2 is 2.00 bits per heavy atom. The van der Waals surface area contributed by atoms with Gasteiger partial charge in [0.05, 0.1) is 18.5 Å². The molecule has 1 fully saturated rings. The van der Waals surface area contributed by atoms with Gasteiger partial charge in [-0.15, -0.1) is 0 Å². The van der Waals surface area contributed by atoms with Crippen LogP contribution in [0.1, 0.15) is 6.92 Å². The van der Waals surface area contributed by atoms with Crippen LogP contribution in [0.15, 0.2) is 0 Å². The number of rotatable bonds is 1. The monoisotopic (exact) mass is 148 g/mol. The number of nitrogens with zero attached hydrogens (tertiary/aromatic N) is 1.